The second kappa shape index (κ2) is 7.91. The molecule has 0 saturated carbocycles. The van der Waals surface area contributed by atoms with E-state index in [9.17, 15) is 0 Å². The summed E-state index contributed by atoms with van der Waals surface area (Å²) >= 11 is 0. The molecule has 0 amide bonds. The van der Waals surface area contributed by atoms with E-state index in [1.54, 1.807) is 24.2 Å². The Morgan fingerprint density at radius 3 is 2.96 bits per heavy atom. The van der Waals surface area contributed by atoms with Crippen molar-refractivity contribution in [3.05, 3.63) is 67.1 Å². The van der Waals surface area contributed by atoms with Crippen LogP contribution < -0.4 is 10.1 Å². The van der Waals surface area contributed by atoms with Crippen LogP contribution in [-0.4, -0.2) is 36.4 Å². The molecule has 8 nitrogen and oxygen atoms in total. The number of rotatable bonds is 7. The number of ether oxygens (including phenoxy) is 1. The van der Waals surface area contributed by atoms with Gasteiger partial charge in [0.15, 0.2) is 0 Å². The Kier molecular flexibility index (Phi) is 5.01. The first-order valence-corrected chi connectivity index (χ1v) is 9.02. The fraction of sp³-hybridized carbons (Fsp3) is 0.200. The molecule has 0 aliphatic heterocycles. The molecule has 0 atom stereocenters. The standard InChI is InChI=1S/C20H21N7O/c1-3-26-14-21-11-17(26)12-23-20-22-8-7-19(25-20)15-10-24-27(13-15)16-5-4-6-18(9-16)28-2/h4-11,13-14H,3,12H2,1-2H3,(H,22,23,25). The molecular weight excluding hydrogens is 354 g/mol. The third-order valence-corrected chi connectivity index (χ3v) is 4.42. The van der Waals surface area contributed by atoms with E-state index < -0.39 is 0 Å². The average Bonchev–Trinajstić information content (AvgIpc) is 3.42. The van der Waals surface area contributed by atoms with Gasteiger partial charge in [-0.3, -0.25) is 0 Å². The van der Waals surface area contributed by atoms with Gasteiger partial charge in [-0.05, 0) is 25.1 Å². The van der Waals surface area contributed by atoms with Gasteiger partial charge in [0.2, 0.25) is 5.95 Å². The Morgan fingerprint density at radius 2 is 2.11 bits per heavy atom. The molecule has 1 aromatic carbocycles. The summed E-state index contributed by atoms with van der Waals surface area (Å²) in [4.78, 5) is 13.1. The number of imidazole rings is 1. The Labute approximate surface area is 162 Å². The molecule has 8 heteroatoms. The number of anilines is 1. The molecule has 0 bridgehead atoms. The van der Waals surface area contributed by atoms with E-state index >= 15 is 0 Å². The number of aromatic nitrogens is 6. The molecule has 1 N–H and O–H groups in total. The van der Waals surface area contributed by atoms with E-state index in [1.807, 2.05) is 49.1 Å². The van der Waals surface area contributed by atoms with Gasteiger partial charge < -0.3 is 14.6 Å². The van der Waals surface area contributed by atoms with E-state index in [2.05, 4.69) is 36.9 Å². The van der Waals surface area contributed by atoms with Gasteiger partial charge in [0.05, 0.1) is 43.3 Å². The van der Waals surface area contributed by atoms with Crippen LogP contribution in [0.25, 0.3) is 16.9 Å². The molecule has 3 aromatic heterocycles. The number of aryl methyl sites for hydroxylation is 1. The third kappa shape index (κ3) is 3.71. The first-order valence-electron chi connectivity index (χ1n) is 9.02. The molecule has 0 fully saturated rings. The van der Waals surface area contributed by atoms with Crippen molar-refractivity contribution in [3.63, 3.8) is 0 Å². The van der Waals surface area contributed by atoms with Crippen molar-refractivity contribution >= 4 is 5.95 Å². The number of nitrogens with one attached hydrogen (secondary N) is 1. The van der Waals surface area contributed by atoms with Gasteiger partial charge in [-0.2, -0.15) is 5.10 Å². The number of hydrogen-bond donors (Lipinski definition) is 1. The predicted octanol–water partition coefficient (Wildman–Crippen LogP) is 3.17. The van der Waals surface area contributed by atoms with E-state index in [0.29, 0.717) is 12.5 Å². The monoisotopic (exact) mass is 375 g/mol. The van der Waals surface area contributed by atoms with Crippen LogP contribution in [0.2, 0.25) is 0 Å². The van der Waals surface area contributed by atoms with Crippen molar-refractivity contribution in [1.29, 1.82) is 0 Å². The molecule has 3 heterocycles. The number of hydrogen-bond acceptors (Lipinski definition) is 6. The van der Waals surface area contributed by atoms with E-state index in [0.717, 1.165) is 34.9 Å². The summed E-state index contributed by atoms with van der Waals surface area (Å²) in [5.74, 6) is 1.35. The largest absolute Gasteiger partial charge is 0.497 e. The van der Waals surface area contributed by atoms with E-state index in [4.69, 9.17) is 4.74 Å². The highest BCUT2D eigenvalue weighted by Crippen LogP contribution is 2.21. The zero-order valence-electron chi connectivity index (χ0n) is 15.8. The van der Waals surface area contributed by atoms with Crippen molar-refractivity contribution in [2.45, 2.75) is 20.0 Å². The van der Waals surface area contributed by atoms with Gasteiger partial charge in [0.25, 0.3) is 0 Å². The van der Waals surface area contributed by atoms with Gasteiger partial charge in [0.1, 0.15) is 5.75 Å². The highest BCUT2D eigenvalue weighted by Gasteiger charge is 2.08. The number of benzene rings is 1. The zero-order chi connectivity index (χ0) is 19.3. The van der Waals surface area contributed by atoms with Gasteiger partial charge in [-0.1, -0.05) is 6.07 Å². The van der Waals surface area contributed by atoms with Crippen LogP contribution in [0, 0.1) is 0 Å². The van der Waals surface area contributed by atoms with Crippen LogP contribution in [0.15, 0.2) is 61.4 Å². The van der Waals surface area contributed by atoms with Crippen molar-refractivity contribution < 1.29 is 4.74 Å². The van der Waals surface area contributed by atoms with Gasteiger partial charge >= 0.3 is 0 Å². The molecule has 28 heavy (non-hydrogen) atoms. The second-order valence-corrected chi connectivity index (χ2v) is 6.17. The summed E-state index contributed by atoms with van der Waals surface area (Å²) in [6.07, 6.45) is 9.13. The van der Waals surface area contributed by atoms with Crippen LogP contribution in [0.5, 0.6) is 5.75 Å². The number of methoxy groups -OCH3 is 1. The smallest absolute Gasteiger partial charge is 0.223 e. The van der Waals surface area contributed by atoms with Crippen LogP contribution >= 0.6 is 0 Å². The van der Waals surface area contributed by atoms with E-state index in [1.165, 1.54) is 0 Å². The molecule has 0 aliphatic carbocycles. The molecule has 4 aromatic rings. The quantitative estimate of drug-likeness (QED) is 0.534. The molecule has 0 aliphatic rings. The Balaban J connectivity index is 1.52. The Hall–Kier alpha value is -3.68. The maximum Gasteiger partial charge on any atom is 0.223 e. The normalized spacial score (nSPS) is 10.8. The van der Waals surface area contributed by atoms with Crippen LogP contribution in [0.4, 0.5) is 5.95 Å². The lowest BCUT2D eigenvalue weighted by atomic mass is 10.2. The summed E-state index contributed by atoms with van der Waals surface area (Å²) in [6, 6.07) is 9.61. The highest BCUT2D eigenvalue weighted by atomic mass is 16.5. The maximum atomic E-state index is 5.28. The molecule has 0 saturated heterocycles. The van der Waals surface area contributed by atoms with Gasteiger partial charge in [-0.25, -0.2) is 19.6 Å². The first kappa shape index (κ1) is 17.7. The van der Waals surface area contributed by atoms with Gasteiger partial charge in [-0.15, -0.1) is 0 Å². The van der Waals surface area contributed by atoms with Crippen molar-refractivity contribution in [2.24, 2.45) is 0 Å². The SMILES string of the molecule is CCn1cncc1CNc1nccc(-c2cnn(-c3cccc(OC)c3)c2)n1. The number of nitrogens with zero attached hydrogens (tertiary/aromatic N) is 6. The first-order chi connectivity index (χ1) is 13.8. The minimum absolute atomic E-state index is 0.565. The second-order valence-electron chi connectivity index (χ2n) is 6.17. The topological polar surface area (TPSA) is 82.7 Å². The molecule has 0 radical (unpaired) electrons. The summed E-state index contributed by atoms with van der Waals surface area (Å²) < 4.78 is 9.16. The summed E-state index contributed by atoms with van der Waals surface area (Å²) in [6.45, 7) is 3.57. The van der Waals surface area contributed by atoms with Crippen molar-refractivity contribution in [2.75, 3.05) is 12.4 Å². The molecule has 0 spiro atoms. The Bertz CT molecular complexity index is 1070. The highest BCUT2D eigenvalue weighted by molar-refractivity contribution is 5.59. The van der Waals surface area contributed by atoms with Crippen LogP contribution in [0.3, 0.4) is 0 Å². The maximum absolute atomic E-state index is 5.28. The Morgan fingerprint density at radius 1 is 1.18 bits per heavy atom. The summed E-state index contributed by atoms with van der Waals surface area (Å²) in [5.41, 5.74) is 3.72. The fourth-order valence-corrected chi connectivity index (χ4v) is 2.90. The zero-order valence-corrected chi connectivity index (χ0v) is 15.8. The molecule has 0 unspecified atom stereocenters. The molecular formula is C20H21N7O. The lowest BCUT2D eigenvalue weighted by Gasteiger charge is -2.07. The summed E-state index contributed by atoms with van der Waals surface area (Å²) in [5, 5.41) is 7.70. The van der Waals surface area contributed by atoms with Crippen LogP contribution in [-0.2, 0) is 13.1 Å². The third-order valence-electron chi connectivity index (χ3n) is 4.42. The molecule has 4 rings (SSSR count). The van der Waals surface area contributed by atoms with E-state index in [-0.39, 0.29) is 0 Å². The van der Waals surface area contributed by atoms with Crippen molar-refractivity contribution in [3.8, 4) is 22.7 Å². The van der Waals surface area contributed by atoms with Crippen LogP contribution in [0.1, 0.15) is 12.6 Å². The minimum atomic E-state index is 0.565. The average molecular weight is 375 g/mol. The fourth-order valence-electron chi connectivity index (χ4n) is 2.90. The molecule has 142 valence electrons. The lowest BCUT2D eigenvalue weighted by molar-refractivity contribution is 0.414. The lowest BCUT2D eigenvalue weighted by Crippen LogP contribution is -2.08. The van der Waals surface area contributed by atoms with Crippen molar-refractivity contribution in [1.82, 2.24) is 29.3 Å². The summed E-state index contributed by atoms with van der Waals surface area (Å²) in [7, 11) is 1.65. The van der Waals surface area contributed by atoms with Gasteiger partial charge in [0, 0.05) is 36.8 Å². The minimum Gasteiger partial charge on any atom is -0.497 e. The predicted molar refractivity (Wildman–Crippen MR) is 106 cm³/mol.